The fourth-order valence-corrected chi connectivity index (χ4v) is 3.05. The molecule has 2 heteroatoms. The van der Waals surface area contributed by atoms with E-state index in [-0.39, 0.29) is 0 Å². The highest BCUT2D eigenvalue weighted by Gasteiger charge is 2.37. The predicted molar refractivity (Wildman–Crippen MR) is 56.2 cm³/mol. The molecule has 0 aromatic carbocycles. The second kappa shape index (κ2) is 3.82. The average Bonchev–Trinajstić information content (AvgIpc) is 2.91. The monoisotopic (exact) mass is 195 g/mol. The van der Waals surface area contributed by atoms with E-state index in [0.29, 0.717) is 6.10 Å². The zero-order valence-electron chi connectivity index (χ0n) is 8.87. The third kappa shape index (κ3) is 1.82. The van der Waals surface area contributed by atoms with E-state index in [0.717, 1.165) is 24.4 Å². The molecule has 1 heterocycles. The molecule has 0 spiro atoms. The molecule has 0 radical (unpaired) electrons. The first kappa shape index (κ1) is 9.17. The maximum absolute atomic E-state index is 6.08. The number of fused-ring (bicyclic) bond motifs is 1. The van der Waals surface area contributed by atoms with Gasteiger partial charge >= 0.3 is 0 Å². The summed E-state index contributed by atoms with van der Waals surface area (Å²) in [6, 6.07) is 0. The van der Waals surface area contributed by atoms with E-state index < -0.39 is 0 Å². The van der Waals surface area contributed by atoms with Crippen LogP contribution in [0.15, 0.2) is 0 Å². The zero-order valence-corrected chi connectivity index (χ0v) is 8.87. The summed E-state index contributed by atoms with van der Waals surface area (Å²) in [6.07, 6.45) is 7.55. The van der Waals surface area contributed by atoms with Crippen LogP contribution in [0.5, 0.6) is 0 Å². The fourth-order valence-electron chi connectivity index (χ4n) is 3.05. The average molecular weight is 195 g/mol. The highest BCUT2D eigenvalue weighted by Crippen LogP contribution is 2.36. The Labute approximate surface area is 86.4 Å². The number of nitrogens with one attached hydrogen (secondary N) is 1. The van der Waals surface area contributed by atoms with Crippen LogP contribution in [0.25, 0.3) is 0 Å². The molecule has 2 saturated carbocycles. The summed E-state index contributed by atoms with van der Waals surface area (Å²) < 4.78 is 6.08. The van der Waals surface area contributed by atoms with Gasteiger partial charge in [-0.2, -0.15) is 0 Å². The Hall–Kier alpha value is -0.0800. The summed E-state index contributed by atoms with van der Waals surface area (Å²) in [6.45, 7) is 3.50. The third-order valence-corrected chi connectivity index (χ3v) is 4.18. The lowest BCUT2D eigenvalue weighted by atomic mass is 9.79. The van der Waals surface area contributed by atoms with Crippen LogP contribution in [0.3, 0.4) is 0 Å². The summed E-state index contributed by atoms with van der Waals surface area (Å²) >= 11 is 0. The lowest BCUT2D eigenvalue weighted by molar-refractivity contribution is -0.0232. The van der Waals surface area contributed by atoms with Gasteiger partial charge in [0.05, 0.1) is 6.10 Å². The number of hydrogen-bond acceptors (Lipinski definition) is 2. The van der Waals surface area contributed by atoms with Crippen LogP contribution in [0.2, 0.25) is 0 Å². The van der Waals surface area contributed by atoms with E-state index in [9.17, 15) is 0 Å². The first-order valence-corrected chi connectivity index (χ1v) is 6.26. The van der Waals surface area contributed by atoms with Crippen LogP contribution in [-0.4, -0.2) is 25.8 Å². The van der Waals surface area contributed by atoms with Gasteiger partial charge in [-0.15, -0.1) is 0 Å². The van der Waals surface area contributed by atoms with Gasteiger partial charge < -0.3 is 10.1 Å². The normalized spacial score (nSPS) is 42.4. The van der Waals surface area contributed by atoms with Gasteiger partial charge in [-0.25, -0.2) is 0 Å². The fraction of sp³-hybridized carbons (Fsp3) is 1.00. The third-order valence-electron chi connectivity index (χ3n) is 4.18. The highest BCUT2D eigenvalue weighted by atomic mass is 16.5. The molecule has 2 aliphatic carbocycles. The van der Waals surface area contributed by atoms with Gasteiger partial charge in [-0.1, -0.05) is 6.42 Å². The maximum atomic E-state index is 6.08. The SMILES string of the molecule is C1C[C@@H]2CNC[C@@H]2[C@H](OCC2CC2)C1. The molecule has 1 N–H and O–H groups in total. The Balaban J connectivity index is 1.54. The van der Waals surface area contributed by atoms with Crippen molar-refractivity contribution in [1.29, 1.82) is 0 Å². The van der Waals surface area contributed by atoms with Crippen molar-refractivity contribution < 1.29 is 4.74 Å². The summed E-state index contributed by atoms with van der Waals surface area (Å²) in [5.41, 5.74) is 0. The molecule has 3 fully saturated rings. The lowest BCUT2D eigenvalue weighted by Crippen LogP contribution is -2.34. The Kier molecular flexibility index (Phi) is 2.50. The molecular weight excluding hydrogens is 174 g/mol. The Morgan fingerprint density at radius 2 is 2.00 bits per heavy atom. The molecule has 0 aromatic heterocycles. The minimum Gasteiger partial charge on any atom is -0.378 e. The first-order chi connectivity index (χ1) is 6.93. The van der Waals surface area contributed by atoms with E-state index in [1.807, 2.05) is 0 Å². The minimum absolute atomic E-state index is 0.587. The minimum atomic E-state index is 0.587. The number of ether oxygens (including phenoxy) is 1. The largest absolute Gasteiger partial charge is 0.378 e. The Morgan fingerprint density at radius 3 is 2.86 bits per heavy atom. The van der Waals surface area contributed by atoms with Crippen LogP contribution in [0, 0.1) is 17.8 Å². The van der Waals surface area contributed by atoms with Gasteiger partial charge in [-0.05, 0) is 44.1 Å². The van der Waals surface area contributed by atoms with Crippen molar-refractivity contribution in [3.05, 3.63) is 0 Å². The van der Waals surface area contributed by atoms with Crippen molar-refractivity contribution in [2.24, 2.45) is 17.8 Å². The van der Waals surface area contributed by atoms with Crippen molar-refractivity contribution in [1.82, 2.24) is 5.32 Å². The maximum Gasteiger partial charge on any atom is 0.0618 e. The molecule has 2 nitrogen and oxygen atoms in total. The van der Waals surface area contributed by atoms with E-state index in [4.69, 9.17) is 4.74 Å². The van der Waals surface area contributed by atoms with Crippen LogP contribution in [0.4, 0.5) is 0 Å². The molecule has 3 atom stereocenters. The smallest absolute Gasteiger partial charge is 0.0618 e. The summed E-state index contributed by atoms with van der Waals surface area (Å²) in [5, 5.41) is 3.52. The van der Waals surface area contributed by atoms with Gasteiger partial charge in [-0.3, -0.25) is 0 Å². The van der Waals surface area contributed by atoms with Crippen molar-refractivity contribution in [3.63, 3.8) is 0 Å². The van der Waals surface area contributed by atoms with Gasteiger partial charge in [0.2, 0.25) is 0 Å². The number of hydrogen-bond donors (Lipinski definition) is 1. The summed E-state index contributed by atoms with van der Waals surface area (Å²) in [4.78, 5) is 0. The number of rotatable bonds is 3. The molecule has 1 aliphatic heterocycles. The molecule has 14 heavy (non-hydrogen) atoms. The molecule has 3 aliphatic rings. The quantitative estimate of drug-likeness (QED) is 0.741. The van der Waals surface area contributed by atoms with Crippen molar-refractivity contribution in [2.45, 2.75) is 38.2 Å². The molecular formula is C12H21NO. The van der Waals surface area contributed by atoms with Gasteiger partial charge in [0.25, 0.3) is 0 Å². The lowest BCUT2D eigenvalue weighted by Gasteiger charge is -2.33. The van der Waals surface area contributed by atoms with Crippen LogP contribution in [-0.2, 0) is 4.74 Å². The van der Waals surface area contributed by atoms with Crippen LogP contribution >= 0.6 is 0 Å². The second-order valence-corrected chi connectivity index (χ2v) is 5.33. The molecule has 3 rings (SSSR count). The second-order valence-electron chi connectivity index (χ2n) is 5.33. The topological polar surface area (TPSA) is 21.3 Å². The standard InChI is InChI=1S/C12H21NO/c1-2-10-6-13-7-11(10)12(3-1)14-8-9-4-5-9/h9-13H,1-8H2/t10-,11+,12-/m1/s1. The van der Waals surface area contributed by atoms with Crippen molar-refractivity contribution in [3.8, 4) is 0 Å². The predicted octanol–water partition coefficient (Wildman–Crippen LogP) is 1.80. The van der Waals surface area contributed by atoms with E-state index >= 15 is 0 Å². The molecule has 0 amide bonds. The van der Waals surface area contributed by atoms with E-state index in [1.54, 1.807) is 0 Å². The van der Waals surface area contributed by atoms with Gasteiger partial charge in [0.15, 0.2) is 0 Å². The van der Waals surface area contributed by atoms with Gasteiger partial charge in [0, 0.05) is 19.1 Å². The van der Waals surface area contributed by atoms with Crippen LogP contribution < -0.4 is 5.32 Å². The zero-order chi connectivity index (χ0) is 9.38. The molecule has 80 valence electrons. The van der Waals surface area contributed by atoms with Crippen molar-refractivity contribution >= 4 is 0 Å². The molecule has 0 aromatic rings. The molecule has 0 unspecified atom stereocenters. The molecule has 1 saturated heterocycles. The Bertz CT molecular complexity index is 202. The summed E-state index contributed by atoms with van der Waals surface area (Å²) in [5.74, 6) is 2.68. The van der Waals surface area contributed by atoms with Crippen molar-refractivity contribution in [2.75, 3.05) is 19.7 Å². The summed E-state index contributed by atoms with van der Waals surface area (Å²) in [7, 11) is 0. The Morgan fingerprint density at radius 1 is 1.07 bits per heavy atom. The first-order valence-electron chi connectivity index (χ1n) is 6.26. The van der Waals surface area contributed by atoms with Gasteiger partial charge in [0.1, 0.15) is 0 Å². The van der Waals surface area contributed by atoms with Crippen LogP contribution in [0.1, 0.15) is 32.1 Å². The van der Waals surface area contributed by atoms with E-state index in [2.05, 4.69) is 5.32 Å². The molecule has 0 bridgehead atoms. The van der Waals surface area contributed by atoms with E-state index in [1.165, 1.54) is 45.2 Å². The highest BCUT2D eigenvalue weighted by molar-refractivity contribution is 4.90.